The summed E-state index contributed by atoms with van der Waals surface area (Å²) >= 11 is 0. The van der Waals surface area contributed by atoms with E-state index >= 15 is 0 Å². The van der Waals surface area contributed by atoms with Crippen molar-refractivity contribution in [2.45, 2.75) is 116 Å². The van der Waals surface area contributed by atoms with E-state index in [9.17, 15) is 14.4 Å². The van der Waals surface area contributed by atoms with Crippen molar-refractivity contribution in [2.24, 2.45) is 17.8 Å². The Hall–Kier alpha value is -2.45. The fraction of sp³-hybridized carbons (Fsp3) is 0.735. The Morgan fingerprint density at radius 3 is 1.33 bits per heavy atom. The van der Waals surface area contributed by atoms with E-state index in [0.717, 1.165) is 77.5 Å². The van der Waals surface area contributed by atoms with Crippen LogP contribution in [-0.4, -0.2) is 60.9 Å². The van der Waals surface area contributed by atoms with Gasteiger partial charge in [-0.25, -0.2) is 14.4 Å². The summed E-state index contributed by atoms with van der Waals surface area (Å²) in [7, 11) is 0. The lowest BCUT2D eigenvalue weighted by Crippen LogP contribution is -2.43. The maximum atomic E-state index is 14.0. The summed E-state index contributed by atoms with van der Waals surface area (Å²) in [5, 5.41) is 6.70. The van der Waals surface area contributed by atoms with Crippen molar-refractivity contribution in [1.82, 2.24) is 10.6 Å². The molecule has 0 spiro atoms. The van der Waals surface area contributed by atoms with E-state index in [1.165, 1.54) is 6.42 Å². The van der Waals surface area contributed by atoms with Crippen LogP contribution >= 0.6 is 0 Å². The molecule has 42 heavy (non-hydrogen) atoms. The zero-order valence-corrected chi connectivity index (χ0v) is 26.6. The molecule has 0 atom stereocenters. The van der Waals surface area contributed by atoms with Crippen LogP contribution < -0.4 is 10.6 Å². The normalized spacial score (nSPS) is 20.1. The molecule has 2 heterocycles. The molecule has 8 nitrogen and oxygen atoms in total. The minimum Gasteiger partial charge on any atom is -0.456 e. The van der Waals surface area contributed by atoms with Crippen molar-refractivity contribution in [2.75, 3.05) is 26.2 Å². The number of hydrogen-bond acceptors (Lipinski definition) is 8. The van der Waals surface area contributed by atoms with E-state index in [1.807, 2.05) is 41.5 Å². The van der Waals surface area contributed by atoms with E-state index in [1.54, 1.807) is 18.2 Å². The highest BCUT2D eigenvalue weighted by molar-refractivity contribution is 6.10. The number of rotatable bonds is 9. The molecule has 1 aliphatic carbocycles. The second kappa shape index (κ2) is 13.5. The summed E-state index contributed by atoms with van der Waals surface area (Å²) in [4.78, 5) is 41.6. The van der Waals surface area contributed by atoms with Crippen LogP contribution in [0.3, 0.4) is 0 Å². The van der Waals surface area contributed by atoms with E-state index in [2.05, 4.69) is 10.6 Å². The average Bonchev–Trinajstić information content (AvgIpc) is 2.97. The van der Waals surface area contributed by atoms with Gasteiger partial charge in [-0.05, 0) is 124 Å². The number of benzene rings is 1. The molecular weight excluding hydrogens is 532 g/mol. The summed E-state index contributed by atoms with van der Waals surface area (Å²) in [5.41, 5.74) is -2.23. The van der Waals surface area contributed by atoms with Gasteiger partial charge >= 0.3 is 17.9 Å². The monoisotopic (exact) mass is 584 g/mol. The molecule has 8 heteroatoms. The van der Waals surface area contributed by atoms with E-state index in [0.29, 0.717) is 0 Å². The first kappa shape index (κ1) is 32.5. The number of ether oxygens (including phenoxy) is 3. The van der Waals surface area contributed by atoms with Gasteiger partial charge in [0.05, 0.1) is 16.7 Å². The smallest absolute Gasteiger partial charge is 0.340 e. The quantitative estimate of drug-likeness (QED) is 0.266. The zero-order chi connectivity index (χ0) is 30.5. The Morgan fingerprint density at radius 2 is 0.929 bits per heavy atom. The predicted octanol–water partition coefficient (Wildman–Crippen LogP) is 6.07. The Balaban J connectivity index is 1.66. The topological polar surface area (TPSA) is 103 Å². The molecule has 1 aromatic carbocycles. The largest absolute Gasteiger partial charge is 0.456 e. The Labute approximate surface area is 252 Å². The molecule has 0 aromatic heterocycles. The van der Waals surface area contributed by atoms with Crippen LogP contribution in [0.25, 0.3) is 0 Å². The molecular formula is C34H52N2O6. The van der Waals surface area contributed by atoms with Gasteiger partial charge in [0.25, 0.3) is 0 Å². The van der Waals surface area contributed by atoms with Crippen molar-refractivity contribution >= 4 is 17.9 Å². The third-order valence-electron chi connectivity index (χ3n) is 10.0. The second-order valence-corrected chi connectivity index (χ2v) is 14.1. The van der Waals surface area contributed by atoms with Crippen LogP contribution in [0.1, 0.15) is 130 Å². The molecule has 1 saturated carbocycles. The maximum Gasteiger partial charge on any atom is 0.340 e. The summed E-state index contributed by atoms with van der Waals surface area (Å²) in [6.45, 7) is 15.0. The Morgan fingerprint density at radius 1 is 0.571 bits per heavy atom. The number of carbonyl (C=O) groups excluding carboxylic acids is 3. The Kier molecular flexibility index (Phi) is 10.4. The maximum absolute atomic E-state index is 14.0. The van der Waals surface area contributed by atoms with Gasteiger partial charge in [0, 0.05) is 11.8 Å². The lowest BCUT2D eigenvalue weighted by atomic mass is 9.78. The SMILES string of the molecule is CC(C)(OC(=O)c1cccc(C(=O)OC(C)(C)C2CCNCC2)c1C(=O)OC(C)(C)C1CCCCC1)C1CCNCC1. The molecule has 1 aromatic rings. The van der Waals surface area contributed by atoms with Gasteiger partial charge < -0.3 is 24.8 Å². The van der Waals surface area contributed by atoms with Gasteiger partial charge in [0.1, 0.15) is 16.8 Å². The molecule has 3 fully saturated rings. The van der Waals surface area contributed by atoms with Crippen LogP contribution in [-0.2, 0) is 14.2 Å². The number of hydrogen-bond donors (Lipinski definition) is 2. The lowest BCUT2D eigenvalue weighted by Gasteiger charge is -2.38. The minimum atomic E-state index is -0.752. The number of nitrogens with one attached hydrogen (secondary N) is 2. The van der Waals surface area contributed by atoms with Crippen molar-refractivity contribution in [3.63, 3.8) is 0 Å². The molecule has 2 N–H and O–H groups in total. The second-order valence-electron chi connectivity index (χ2n) is 14.1. The standard InChI is InChI=1S/C34H52N2O6/c1-32(2,23-11-8-7-9-12-23)42-31(39)28-26(29(37)40-33(3,4)24-15-19-35-20-16-24)13-10-14-27(28)30(38)41-34(5,6)25-17-21-36-22-18-25/h10,13-14,23-25,35-36H,7-9,11-12,15-22H2,1-6H3. The molecule has 0 unspecified atom stereocenters. The summed E-state index contributed by atoms with van der Waals surface area (Å²) in [6.07, 6.45) is 8.91. The number of piperidine rings is 2. The van der Waals surface area contributed by atoms with Crippen molar-refractivity contribution < 1.29 is 28.6 Å². The molecule has 2 aliphatic heterocycles. The molecule has 0 amide bonds. The minimum absolute atomic E-state index is 0.0376. The van der Waals surface area contributed by atoms with Crippen LogP contribution in [0.15, 0.2) is 18.2 Å². The first-order valence-corrected chi connectivity index (χ1v) is 16.1. The highest BCUT2D eigenvalue weighted by atomic mass is 16.6. The molecule has 2 saturated heterocycles. The van der Waals surface area contributed by atoms with Gasteiger partial charge in [-0.3, -0.25) is 0 Å². The van der Waals surface area contributed by atoms with E-state index < -0.39 is 34.7 Å². The van der Waals surface area contributed by atoms with Crippen molar-refractivity contribution in [1.29, 1.82) is 0 Å². The van der Waals surface area contributed by atoms with Crippen LogP contribution in [0.4, 0.5) is 0 Å². The van der Waals surface area contributed by atoms with Gasteiger partial charge in [-0.2, -0.15) is 0 Å². The molecule has 0 bridgehead atoms. The van der Waals surface area contributed by atoms with Crippen molar-refractivity contribution in [3.8, 4) is 0 Å². The molecule has 4 rings (SSSR count). The van der Waals surface area contributed by atoms with Gasteiger partial charge in [0.2, 0.25) is 0 Å². The third-order valence-corrected chi connectivity index (χ3v) is 10.0. The summed E-state index contributed by atoms with van der Waals surface area (Å²) in [5.74, 6) is -1.38. The number of carbonyl (C=O) groups is 3. The molecule has 3 aliphatic rings. The van der Waals surface area contributed by atoms with Crippen LogP contribution in [0.5, 0.6) is 0 Å². The Bertz CT molecular complexity index is 1050. The summed E-state index contributed by atoms with van der Waals surface area (Å²) < 4.78 is 18.4. The van der Waals surface area contributed by atoms with Gasteiger partial charge in [-0.1, -0.05) is 25.3 Å². The number of esters is 3. The van der Waals surface area contributed by atoms with Gasteiger partial charge in [-0.15, -0.1) is 0 Å². The van der Waals surface area contributed by atoms with Crippen LogP contribution in [0, 0.1) is 17.8 Å². The average molecular weight is 585 g/mol. The highest BCUT2D eigenvalue weighted by Crippen LogP contribution is 2.37. The van der Waals surface area contributed by atoms with E-state index in [-0.39, 0.29) is 34.4 Å². The lowest BCUT2D eigenvalue weighted by molar-refractivity contribution is -0.0431. The fourth-order valence-electron chi connectivity index (χ4n) is 7.07. The molecule has 234 valence electrons. The fourth-order valence-corrected chi connectivity index (χ4v) is 7.07. The zero-order valence-electron chi connectivity index (χ0n) is 26.6. The van der Waals surface area contributed by atoms with Crippen LogP contribution in [0.2, 0.25) is 0 Å². The predicted molar refractivity (Wildman–Crippen MR) is 163 cm³/mol. The highest BCUT2D eigenvalue weighted by Gasteiger charge is 2.40. The summed E-state index contributed by atoms with van der Waals surface area (Å²) in [6, 6.07) is 4.73. The van der Waals surface area contributed by atoms with Gasteiger partial charge in [0.15, 0.2) is 0 Å². The molecule has 0 radical (unpaired) electrons. The third kappa shape index (κ3) is 7.73. The van der Waals surface area contributed by atoms with Crippen molar-refractivity contribution in [3.05, 3.63) is 34.9 Å². The first-order valence-electron chi connectivity index (χ1n) is 16.1. The van der Waals surface area contributed by atoms with E-state index in [4.69, 9.17) is 14.2 Å². The first-order chi connectivity index (χ1) is 19.8.